The third-order valence-corrected chi connectivity index (χ3v) is 7.66. The number of carbonyl (C=O) groups is 1. The van der Waals surface area contributed by atoms with E-state index in [4.69, 9.17) is 4.74 Å². The molecule has 3 aromatic rings. The number of hydrogen-bond acceptors (Lipinski definition) is 3. The Bertz CT molecular complexity index is 1290. The summed E-state index contributed by atoms with van der Waals surface area (Å²) in [6, 6.07) is 18.8. The van der Waals surface area contributed by atoms with Crippen molar-refractivity contribution in [2.45, 2.75) is 30.6 Å². The predicted molar refractivity (Wildman–Crippen MR) is 138 cm³/mol. The van der Waals surface area contributed by atoms with Gasteiger partial charge in [0.1, 0.15) is 0 Å². The van der Waals surface area contributed by atoms with Crippen LogP contribution in [-0.2, 0) is 17.1 Å². The fourth-order valence-corrected chi connectivity index (χ4v) is 5.59. The number of rotatable bonds is 4. The third-order valence-electron chi connectivity index (χ3n) is 7.66. The molecule has 0 aromatic heterocycles. The van der Waals surface area contributed by atoms with E-state index < -0.39 is 35.0 Å². The molecule has 40 heavy (non-hydrogen) atoms. The second-order valence-electron chi connectivity index (χ2n) is 10.1. The highest BCUT2D eigenvalue weighted by Crippen LogP contribution is 2.41. The summed E-state index contributed by atoms with van der Waals surface area (Å²) >= 11 is 0. The molecule has 4 nitrogen and oxygen atoms in total. The minimum absolute atomic E-state index is 0.0115. The van der Waals surface area contributed by atoms with E-state index in [1.54, 1.807) is 0 Å². The highest BCUT2D eigenvalue weighted by molar-refractivity contribution is 5.95. The normalized spacial score (nSPS) is 20.4. The van der Waals surface area contributed by atoms with Crippen molar-refractivity contribution in [2.24, 2.45) is 0 Å². The highest BCUT2D eigenvalue weighted by atomic mass is 19.4. The monoisotopic (exact) mass is 562 g/mol. The number of anilines is 1. The maximum Gasteiger partial charge on any atom is 0.416 e. The summed E-state index contributed by atoms with van der Waals surface area (Å²) in [4.78, 5) is 17.0. The van der Waals surface area contributed by atoms with E-state index >= 15 is 0 Å². The van der Waals surface area contributed by atoms with Gasteiger partial charge in [0.2, 0.25) is 0 Å². The Morgan fingerprint density at radius 3 is 1.88 bits per heavy atom. The number of piperidine rings is 1. The lowest BCUT2D eigenvalue weighted by atomic mass is 9.76. The van der Waals surface area contributed by atoms with E-state index in [0.717, 1.165) is 29.9 Å². The quantitative estimate of drug-likeness (QED) is 0.322. The van der Waals surface area contributed by atoms with E-state index in [0.29, 0.717) is 31.8 Å². The van der Waals surface area contributed by atoms with Crippen LogP contribution in [-0.4, -0.2) is 50.2 Å². The summed E-state index contributed by atoms with van der Waals surface area (Å²) in [6.45, 7) is 3.31. The number of benzene rings is 3. The summed E-state index contributed by atoms with van der Waals surface area (Å²) in [5, 5.41) is 0. The second kappa shape index (κ2) is 11.2. The number of nitrogens with zero attached hydrogens (tertiary/aromatic N) is 2. The van der Waals surface area contributed by atoms with Crippen LogP contribution < -0.4 is 4.90 Å². The maximum absolute atomic E-state index is 13.4. The molecule has 2 aliphatic heterocycles. The van der Waals surface area contributed by atoms with E-state index in [9.17, 15) is 31.1 Å². The lowest BCUT2D eigenvalue weighted by molar-refractivity contribution is -0.143. The molecular formula is C30H28F6N2O2. The topological polar surface area (TPSA) is 32.8 Å². The Morgan fingerprint density at radius 1 is 0.725 bits per heavy atom. The van der Waals surface area contributed by atoms with Crippen molar-refractivity contribution in [1.29, 1.82) is 0 Å². The number of amides is 1. The second-order valence-corrected chi connectivity index (χ2v) is 10.1. The molecule has 2 heterocycles. The van der Waals surface area contributed by atoms with Crippen LogP contribution in [0.25, 0.3) is 0 Å². The standard InChI is InChI=1S/C30H28F6N2O2/c31-29(32,33)23-16-22(17-24(18-23)30(34,35)36)28(39)38-11-10-26(27(19-38)20-4-2-1-3-5-20)21-6-8-25(9-7-21)37-12-14-40-15-13-37/h1-9,16-18,26-27H,10-15,19H2. The van der Waals surface area contributed by atoms with Gasteiger partial charge in [0.25, 0.3) is 5.91 Å². The van der Waals surface area contributed by atoms with Crippen LogP contribution in [0, 0.1) is 0 Å². The van der Waals surface area contributed by atoms with Crippen molar-refractivity contribution in [3.8, 4) is 0 Å². The molecule has 0 aliphatic carbocycles. The molecule has 0 N–H and O–H groups in total. The summed E-state index contributed by atoms with van der Waals surface area (Å²) in [5.74, 6) is -1.03. The number of carbonyl (C=O) groups excluding carboxylic acids is 1. The van der Waals surface area contributed by atoms with Crippen LogP contribution in [0.5, 0.6) is 0 Å². The summed E-state index contributed by atoms with van der Waals surface area (Å²) < 4.78 is 85.9. The van der Waals surface area contributed by atoms with E-state index in [2.05, 4.69) is 29.2 Å². The van der Waals surface area contributed by atoms with E-state index in [-0.39, 0.29) is 31.0 Å². The fourth-order valence-electron chi connectivity index (χ4n) is 5.59. The van der Waals surface area contributed by atoms with Crippen molar-refractivity contribution in [2.75, 3.05) is 44.3 Å². The SMILES string of the molecule is O=C(c1cc(C(F)(F)F)cc(C(F)(F)F)c1)N1CCC(c2ccc(N3CCOCC3)cc2)C(c2ccccc2)C1. The molecule has 10 heteroatoms. The summed E-state index contributed by atoms with van der Waals surface area (Å²) in [7, 11) is 0. The minimum Gasteiger partial charge on any atom is -0.378 e. The molecule has 5 rings (SSSR count). The van der Waals surface area contributed by atoms with Gasteiger partial charge in [-0.1, -0.05) is 42.5 Å². The molecule has 2 fully saturated rings. The fraction of sp³-hybridized carbons (Fsp3) is 0.367. The number of hydrogen-bond donors (Lipinski definition) is 0. The largest absolute Gasteiger partial charge is 0.416 e. The van der Waals surface area contributed by atoms with Crippen molar-refractivity contribution in [1.82, 2.24) is 4.90 Å². The van der Waals surface area contributed by atoms with Gasteiger partial charge in [0, 0.05) is 43.3 Å². The zero-order chi connectivity index (χ0) is 28.5. The average Bonchev–Trinajstić information content (AvgIpc) is 2.96. The van der Waals surface area contributed by atoms with Crippen LogP contribution in [0.1, 0.15) is 50.9 Å². The highest BCUT2D eigenvalue weighted by Gasteiger charge is 2.39. The third kappa shape index (κ3) is 6.11. The van der Waals surface area contributed by atoms with Gasteiger partial charge in [-0.05, 0) is 53.8 Å². The number of likely N-dealkylation sites (tertiary alicyclic amines) is 1. The van der Waals surface area contributed by atoms with Crippen molar-refractivity contribution in [3.05, 3.63) is 101 Å². The van der Waals surface area contributed by atoms with E-state index in [1.807, 2.05) is 30.3 Å². The van der Waals surface area contributed by atoms with Crippen LogP contribution in [0.4, 0.5) is 32.0 Å². The molecule has 0 saturated carbocycles. The molecule has 2 unspecified atom stereocenters. The maximum atomic E-state index is 13.4. The van der Waals surface area contributed by atoms with Gasteiger partial charge >= 0.3 is 12.4 Å². The van der Waals surface area contributed by atoms with Crippen LogP contribution >= 0.6 is 0 Å². The Labute approximate surface area is 228 Å². The summed E-state index contributed by atoms with van der Waals surface area (Å²) in [5.41, 5.74) is -0.525. The van der Waals surface area contributed by atoms with Crippen LogP contribution in [0.3, 0.4) is 0 Å². The van der Waals surface area contributed by atoms with Crippen LogP contribution in [0.15, 0.2) is 72.8 Å². The van der Waals surface area contributed by atoms with E-state index in [1.165, 1.54) is 4.90 Å². The first-order chi connectivity index (χ1) is 19.0. The Morgan fingerprint density at radius 2 is 1.30 bits per heavy atom. The Balaban J connectivity index is 1.43. The van der Waals surface area contributed by atoms with Gasteiger partial charge in [-0.15, -0.1) is 0 Å². The van der Waals surface area contributed by atoms with Gasteiger partial charge in [0.15, 0.2) is 0 Å². The van der Waals surface area contributed by atoms with Gasteiger partial charge < -0.3 is 14.5 Å². The molecule has 1 amide bonds. The first-order valence-corrected chi connectivity index (χ1v) is 13.1. The Kier molecular flexibility index (Phi) is 7.81. The Hall–Kier alpha value is -3.53. The number of ether oxygens (including phenoxy) is 1. The number of halogens is 6. The first-order valence-electron chi connectivity index (χ1n) is 13.1. The molecule has 212 valence electrons. The predicted octanol–water partition coefficient (Wildman–Crippen LogP) is 6.97. The lowest BCUT2D eigenvalue weighted by Crippen LogP contribution is -2.42. The number of alkyl halides is 6. The molecule has 0 spiro atoms. The van der Waals surface area contributed by atoms with Crippen molar-refractivity contribution in [3.63, 3.8) is 0 Å². The zero-order valence-electron chi connectivity index (χ0n) is 21.5. The first kappa shape index (κ1) is 28.0. The average molecular weight is 563 g/mol. The van der Waals surface area contributed by atoms with Gasteiger partial charge in [-0.25, -0.2) is 0 Å². The molecule has 3 aromatic carbocycles. The zero-order valence-corrected chi connectivity index (χ0v) is 21.5. The van der Waals surface area contributed by atoms with Gasteiger partial charge in [0.05, 0.1) is 24.3 Å². The molecule has 2 atom stereocenters. The van der Waals surface area contributed by atoms with Crippen LogP contribution in [0.2, 0.25) is 0 Å². The molecule has 0 bridgehead atoms. The molecule has 2 aliphatic rings. The molecule has 0 radical (unpaired) electrons. The lowest BCUT2D eigenvalue weighted by Gasteiger charge is -2.39. The van der Waals surface area contributed by atoms with Gasteiger partial charge in [-0.2, -0.15) is 26.3 Å². The molecular weight excluding hydrogens is 534 g/mol. The smallest absolute Gasteiger partial charge is 0.378 e. The summed E-state index contributed by atoms with van der Waals surface area (Å²) in [6.07, 6.45) is -9.54. The number of morpholine rings is 1. The van der Waals surface area contributed by atoms with Crippen molar-refractivity contribution < 1.29 is 35.9 Å². The molecule has 2 saturated heterocycles. The van der Waals surface area contributed by atoms with Gasteiger partial charge in [-0.3, -0.25) is 4.79 Å². The minimum atomic E-state index is -5.02. The van der Waals surface area contributed by atoms with Crippen molar-refractivity contribution >= 4 is 11.6 Å².